The summed E-state index contributed by atoms with van der Waals surface area (Å²) >= 11 is 0. The van der Waals surface area contributed by atoms with Crippen molar-refractivity contribution in [1.29, 1.82) is 0 Å². The highest BCUT2D eigenvalue weighted by Gasteiger charge is 2.36. The van der Waals surface area contributed by atoms with E-state index in [1.807, 2.05) is 13.3 Å². The first kappa shape index (κ1) is 14.6. The Labute approximate surface area is 126 Å². The minimum absolute atomic E-state index is 0.234. The monoisotopic (exact) mass is 290 g/mol. The van der Waals surface area contributed by atoms with Gasteiger partial charge in [-0.3, -0.25) is 4.79 Å². The van der Waals surface area contributed by atoms with Gasteiger partial charge in [-0.2, -0.15) is 0 Å². The normalized spacial score (nSPS) is 20.8. The fraction of sp³-hybridized carbons (Fsp3) is 0.750. The van der Waals surface area contributed by atoms with Gasteiger partial charge in [0.05, 0.1) is 17.6 Å². The Morgan fingerprint density at radius 1 is 1.48 bits per heavy atom. The molecule has 5 heteroatoms. The molecule has 2 aliphatic rings. The van der Waals surface area contributed by atoms with Crippen molar-refractivity contribution in [3.05, 3.63) is 17.7 Å². The first-order valence-electron chi connectivity index (χ1n) is 8.19. The maximum absolute atomic E-state index is 11.8. The number of aryl methyl sites for hydroxylation is 2. The molecule has 1 aromatic heterocycles. The number of carbonyl (C=O) groups is 1. The van der Waals surface area contributed by atoms with Gasteiger partial charge in [0.15, 0.2) is 0 Å². The van der Waals surface area contributed by atoms with Crippen molar-refractivity contribution in [1.82, 2.24) is 14.9 Å². The summed E-state index contributed by atoms with van der Waals surface area (Å²) in [6.07, 6.45) is 10.8. The number of aromatic nitrogens is 2. The number of nitrogens with zero attached hydrogens (tertiary/aromatic N) is 2. The first-order valence-corrected chi connectivity index (χ1v) is 8.19. The second kappa shape index (κ2) is 5.79. The van der Waals surface area contributed by atoms with E-state index in [1.54, 1.807) is 0 Å². The molecule has 0 saturated heterocycles. The number of fused-ring (bicyclic) bond motifs is 1. The van der Waals surface area contributed by atoms with Crippen molar-refractivity contribution in [3.8, 4) is 0 Å². The van der Waals surface area contributed by atoms with Crippen LogP contribution in [0.15, 0.2) is 6.33 Å². The molecule has 1 atom stereocenters. The highest BCUT2D eigenvalue weighted by molar-refractivity contribution is 5.84. The summed E-state index contributed by atoms with van der Waals surface area (Å²) < 4.78 is 2.27. The number of amides is 1. The maximum Gasteiger partial charge on any atom is 0.237 e. The van der Waals surface area contributed by atoms with Gasteiger partial charge >= 0.3 is 0 Å². The molecule has 3 N–H and O–H groups in total. The van der Waals surface area contributed by atoms with Crippen molar-refractivity contribution < 1.29 is 4.79 Å². The molecule has 116 valence electrons. The summed E-state index contributed by atoms with van der Waals surface area (Å²) in [5, 5.41) is 3.41. The summed E-state index contributed by atoms with van der Waals surface area (Å²) in [5.41, 5.74) is 7.70. The number of hydrogen-bond donors (Lipinski definition) is 2. The molecule has 0 radical (unpaired) electrons. The van der Waals surface area contributed by atoms with E-state index in [9.17, 15) is 4.79 Å². The van der Waals surface area contributed by atoms with Crippen LogP contribution in [0.1, 0.15) is 56.8 Å². The molecule has 1 aromatic rings. The third-order valence-corrected chi connectivity index (χ3v) is 4.83. The van der Waals surface area contributed by atoms with Crippen LogP contribution in [0.2, 0.25) is 0 Å². The lowest BCUT2D eigenvalue weighted by atomic mass is 9.94. The lowest BCUT2D eigenvalue weighted by Gasteiger charge is -2.28. The zero-order chi connectivity index (χ0) is 14.9. The predicted molar refractivity (Wildman–Crippen MR) is 81.9 cm³/mol. The molecule has 0 aromatic carbocycles. The summed E-state index contributed by atoms with van der Waals surface area (Å²) in [7, 11) is 0. The molecule has 1 fully saturated rings. The van der Waals surface area contributed by atoms with Gasteiger partial charge in [-0.25, -0.2) is 4.98 Å². The van der Waals surface area contributed by atoms with E-state index in [4.69, 9.17) is 5.73 Å². The Bertz CT molecular complexity index is 520. The van der Waals surface area contributed by atoms with Crippen LogP contribution in [0.25, 0.3) is 0 Å². The molecule has 21 heavy (non-hydrogen) atoms. The molecule has 0 bridgehead atoms. The van der Waals surface area contributed by atoms with Gasteiger partial charge in [-0.15, -0.1) is 0 Å². The quantitative estimate of drug-likeness (QED) is 0.800. The SMILES string of the molecule is CC(CCCn1cnc2c1CCCC2)(NC1CC1)C(N)=O. The van der Waals surface area contributed by atoms with Crippen LogP contribution in [0.4, 0.5) is 0 Å². The van der Waals surface area contributed by atoms with Gasteiger partial charge in [0, 0.05) is 18.3 Å². The van der Waals surface area contributed by atoms with Crippen molar-refractivity contribution in [3.63, 3.8) is 0 Å². The highest BCUT2D eigenvalue weighted by atomic mass is 16.1. The molecule has 0 spiro atoms. The van der Waals surface area contributed by atoms with E-state index in [0.717, 1.165) is 45.1 Å². The third kappa shape index (κ3) is 3.28. The zero-order valence-corrected chi connectivity index (χ0v) is 12.9. The molecule has 1 amide bonds. The van der Waals surface area contributed by atoms with Gasteiger partial charge in [0.2, 0.25) is 5.91 Å². The zero-order valence-electron chi connectivity index (χ0n) is 12.9. The Morgan fingerprint density at radius 3 is 2.95 bits per heavy atom. The van der Waals surface area contributed by atoms with Crippen molar-refractivity contribution in [2.45, 2.75) is 76.4 Å². The van der Waals surface area contributed by atoms with E-state index in [1.165, 1.54) is 24.2 Å². The summed E-state index contributed by atoms with van der Waals surface area (Å²) in [6.45, 7) is 2.87. The largest absolute Gasteiger partial charge is 0.368 e. The van der Waals surface area contributed by atoms with Crippen LogP contribution < -0.4 is 11.1 Å². The summed E-state index contributed by atoms with van der Waals surface area (Å²) in [4.78, 5) is 16.3. The molecule has 0 aliphatic heterocycles. The molecule has 3 rings (SSSR count). The number of nitrogens with one attached hydrogen (secondary N) is 1. The second-order valence-corrected chi connectivity index (χ2v) is 6.76. The Morgan fingerprint density at radius 2 is 2.24 bits per heavy atom. The van der Waals surface area contributed by atoms with Crippen molar-refractivity contribution >= 4 is 5.91 Å². The summed E-state index contributed by atoms with van der Waals surface area (Å²) in [6, 6.07) is 0.489. The minimum atomic E-state index is -0.568. The average molecular weight is 290 g/mol. The number of hydrogen-bond acceptors (Lipinski definition) is 3. The van der Waals surface area contributed by atoms with Gasteiger partial charge in [0.25, 0.3) is 0 Å². The first-order chi connectivity index (χ1) is 10.1. The fourth-order valence-electron chi connectivity index (χ4n) is 3.27. The summed E-state index contributed by atoms with van der Waals surface area (Å²) in [5.74, 6) is -0.234. The number of nitrogens with two attached hydrogens (primary N) is 1. The van der Waals surface area contributed by atoms with Crippen LogP contribution in [0.3, 0.4) is 0 Å². The predicted octanol–water partition coefficient (Wildman–Crippen LogP) is 1.54. The van der Waals surface area contributed by atoms with Crippen molar-refractivity contribution in [2.75, 3.05) is 0 Å². The lowest BCUT2D eigenvalue weighted by Crippen LogP contribution is -2.54. The molecule has 5 nitrogen and oxygen atoms in total. The van der Waals surface area contributed by atoms with Gasteiger partial charge in [0.1, 0.15) is 0 Å². The molecular formula is C16H26N4O. The Balaban J connectivity index is 1.57. The highest BCUT2D eigenvalue weighted by Crippen LogP contribution is 2.25. The van der Waals surface area contributed by atoms with Gasteiger partial charge in [-0.05, 0) is 58.3 Å². The van der Waals surface area contributed by atoms with E-state index >= 15 is 0 Å². The lowest BCUT2D eigenvalue weighted by molar-refractivity contribution is -0.124. The van der Waals surface area contributed by atoms with E-state index in [-0.39, 0.29) is 5.91 Å². The van der Waals surface area contributed by atoms with E-state index < -0.39 is 5.54 Å². The van der Waals surface area contributed by atoms with E-state index in [0.29, 0.717) is 6.04 Å². The standard InChI is InChI=1S/C16H26N4O/c1-16(15(17)21,19-12-7-8-12)9-4-10-20-11-18-13-5-2-3-6-14(13)20/h11-12,19H,2-10H2,1H3,(H2,17,21). The molecular weight excluding hydrogens is 264 g/mol. The number of primary amides is 1. The molecule has 2 aliphatic carbocycles. The number of carbonyl (C=O) groups excluding carboxylic acids is 1. The van der Waals surface area contributed by atoms with Crippen LogP contribution in [0.5, 0.6) is 0 Å². The fourth-order valence-corrected chi connectivity index (χ4v) is 3.27. The third-order valence-electron chi connectivity index (χ3n) is 4.83. The topological polar surface area (TPSA) is 72.9 Å². The van der Waals surface area contributed by atoms with E-state index in [2.05, 4.69) is 14.9 Å². The second-order valence-electron chi connectivity index (χ2n) is 6.76. The van der Waals surface area contributed by atoms with Gasteiger partial charge < -0.3 is 15.6 Å². The maximum atomic E-state index is 11.8. The molecule has 1 unspecified atom stereocenters. The Hall–Kier alpha value is -1.36. The molecule has 1 heterocycles. The van der Waals surface area contributed by atoms with Crippen LogP contribution in [0, 0.1) is 0 Å². The van der Waals surface area contributed by atoms with Crippen LogP contribution in [-0.2, 0) is 24.2 Å². The minimum Gasteiger partial charge on any atom is -0.368 e. The molecule has 1 saturated carbocycles. The number of imidazole rings is 1. The van der Waals surface area contributed by atoms with Crippen molar-refractivity contribution in [2.24, 2.45) is 5.73 Å². The number of rotatable bonds is 7. The van der Waals surface area contributed by atoms with Crippen LogP contribution in [-0.4, -0.2) is 27.0 Å². The smallest absolute Gasteiger partial charge is 0.237 e. The van der Waals surface area contributed by atoms with Crippen LogP contribution >= 0.6 is 0 Å². The Kier molecular flexibility index (Phi) is 4.02. The van der Waals surface area contributed by atoms with Gasteiger partial charge in [-0.1, -0.05) is 0 Å². The average Bonchev–Trinajstić information content (AvgIpc) is 3.17.